The van der Waals surface area contributed by atoms with E-state index in [4.69, 9.17) is 11.6 Å². The van der Waals surface area contributed by atoms with Crippen LogP contribution in [0.5, 0.6) is 0 Å². The highest BCUT2D eigenvalue weighted by Gasteiger charge is 2.13. The third-order valence-corrected chi connectivity index (χ3v) is 4.30. The molecule has 0 atom stereocenters. The highest BCUT2D eigenvalue weighted by molar-refractivity contribution is 6.18. The molecule has 0 unspecified atom stereocenters. The van der Waals surface area contributed by atoms with Crippen LogP contribution in [-0.4, -0.2) is 29.9 Å². The highest BCUT2D eigenvalue weighted by atomic mass is 35.5. The molecule has 0 N–H and O–H groups in total. The van der Waals surface area contributed by atoms with Crippen molar-refractivity contribution in [2.75, 3.05) is 19.0 Å². The summed E-state index contributed by atoms with van der Waals surface area (Å²) in [5.74, 6) is 0.771. The number of alkyl halides is 1. The topological polar surface area (TPSA) is 3.24 Å². The molecule has 0 aromatic heterocycles. The fourth-order valence-corrected chi connectivity index (χ4v) is 3.06. The Labute approximate surface area is 127 Å². The average Bonchev–Trinajstić information content (AvgIpc) is 2.43. The molecule has 19 heavy (non-hydrogen) atoms. The Morgan fingerprint density at radius 3 is 1.74 bits per heavy atom. The van der Waals surface area contributed by atoms with E-state index in [9.17, 15) is 0 Å². The molecular weight excluding hydrogens is 254 g/mol. The summed E-state index contributed by atoms with van der Waals surface area (Å²) in [6.07, 6.45) is 13.7. The first-order chi connectivity index (χ1) is 9.29. The second-order valence-corrected chi connectivity index (χ2v) is 6.05. The van der Waals surface area contributed by atoms with E-state index >= 15 is 0 Å². The van der Waals surface area contributed by atoms with Crippen molar-refractivity contribution in [2.45, 2.75) is 91.0 Å². The standard InChI is InChI=1S/C17H36ClN/c1-4-7-8-9-10-11-12-13-15-19(16-14-18)17(5-2)6-3/h17H,4-16H2,1-3H3. The van der Waals surface area contributed by atoms with Crippen LogP contribution in [-0.2, 0) is 0 Å². The smallest absolute Gasteiger partial charge is 0.0351 e. The zero-order chi connectivity index (χ0) is 14.3. The van der Waals surface area contributed by atoms with Crippen LogP contribution in [0.2, 0.25) is 0 Å². The Morgan fingerprint density at radius 1 is 0.737 bits per heavy atom. The number of unbranched alkanes of at least 4 members (excludes halogenated alkanes) is 7. The lowest BCUT2D eigenvalue weighted by atomic mass is 10.1. The van der Waals surface area contributed by atoms with Gasteiger partial charge in [-0.3, -0.25) is 4.90 Å². The summed E-state index contributed by atoms with van der Waals surface area (Å²) in [6.45, 7) is 9.17. The van der Waals surface area contributed by atoms with Gasteiger partial charge >= 0.3 is 0 Å². The Balaban J connectivity index is 3.58. The molecule has 0 spiro atoms. The van der Waals surface area contributed by atoms with Gasteiger partial charge in [-0.25, -0.2) is 0 Å². The van der Waals surface area contributed by atoms with Crippen LogP contribution in [0.3, 0.4) is 0 Å². The van der Waals surface area contributed by atoms with Crippen molar-refractivity contribution < 1.29 is 0 Å². The molecule has 0 aromatic rings. The minimum atomic E-state index is 0.739. The van der Waals surface area contributed by atoms with Gasteiger partial charge in [0.2, 0.25) is 0 Å². The van der Waals surface area contributed by atoms with Gasteiger partial charge in [0.05, 0.1) is 0 Å². The lowest BCUT2D eigenvalue weighted by Crippen LogP contribution is -2.36. The average molecular weight is 290 g/mol. The first kappa shape index (κ1) is 19.2. The molecule has 0 rings (SSSR count). The van der Waals surface area contributed by atoms with Crippen molar-refractivity contribution in [1.29, 1.82) is 0 Å². The third-order valence-electron chi connectivity index (χ3n) is 4.13. The van der Waals surface area contributed by atoms with Gasteiger partial charge in [0.25, 0.3) is 0 Å². The fourth-order valence-electron chi connectivity index (χ4n) is 2.84. The predicted molar refractivity (Wildman–Crippen MR) is 89.3 cm³/mol. The zero-order valence-corrected chi connectivity index (χ0v) is 14.4. The zero-order valence-electron chi connectivity index (χ0n) is 13.6. The Hall–Kier alpha value is 0.250. The van der Waals surface area contributed by atoms with Crippen molar-refractivity contribution in [2.24, 2.45) is 0 Å². The second kappa shape index (κ2) is 14.7. The van der Waals surface area contributed by atoms with E-state index in [-0.39, 0.29) is 0 Å². The number of nitrogens with zero attached hydrogens (tertiary/aromatic N) is 1. The SMILES string of the molecule is CCCCCCCCCCN(CCCl)C(CC)CC. The number of hydrogen-bond acceptors (Lipinski definition) is 1. The van der Waals surface area contributed by atoms with Crippen LogP contribution in [0.25, 0.3) is 0 Å². The fraction of sp³-hybridized carbons (Fsp3) is 1.00. The van der Waals surface area contributed by atoms with E-state index in [0.717, 1.165) is 18.5 Å². The quantitative estimate of drug-likeness (QED) is 0.286. The van der Waals surface area contributed by atoms with Gasteiger partial charge in [0.1, 0.15) is 0 Å². The lowest BCUT2D eigenvalue weighted by molar-refractivity contribution is 0.192. The summed E-state index contributed by atoms with van der Waals surface area (Å²) in [4.78, 5) is 2.60. The van der Waals surface area contributed by atoms with E-state index in [1.54, 1.807) is 0 Å². The summed E-state index contributed by atoms with van der Waals surface area (Å²) in [5, 5.41) is 0. The molecule has 0 radical (unpaired) electrons. The Bertz CT molecular complexity index is 169. The molecule has 1 nitrogen and oxygen atoms in total. The molecule has 0 aliphatic rings. The first-order valence-corrected chi connectivity index (χ1v) is 9.13. The van der Waals surface area contributed by atoms with Gasteiger partial charge in [-0.05, 0) is 25.8 Å². The second-order valence-electron chi connectivity index (χ2n) is 5.67. The van der Waals surface area contributed by atoms with Crippen molar-refractivity contribution in [3.8, 4) is 0 Å². The molecule has 0 saturated carbocycles. The summed E-state index contributed by atoms with van der Waals surface area (Å²) < 4.78 is 0. The first-order valence-electron chi connectivity index (χ1n) is 8.60. The number of hydrogen-bond donors (Lipinski definition) is 0. The van der Waals surface area contributed by atoms with Gasteiger partial charge in [-0.1, -0.05) is 65.7 Å². The largest absolute Gasteiger partial charge is 0.299 e. The monoisotopic (exact) mass is 289 g/mol. The van der Waals surface area contributed by atoms with Crippen LogP contribution in [0.4, 0.5) is 0 Å². The van der Waals surface area contributed by atoms with Crippen LogP contribution in [0, 0.1) is 0 Å². The van der Waals surface area contributed by atoms with E-state index < -0.39 is 0 Å². The minimum Gasteiger partial charge on any atom is -0.299 e. The summed E-state index contributed by atoms with van der Waals surface area (Å²) in [5.41, 5.74) is 0. The molecule has 0 amide bonds. The van der Waals surface area contributed by atoms with E-state index in [0.29, 0.717) is 0 Å². The van der Waals surface area contributed by atoms with Crippen LogP contribution < -0.4 is 0 Å². The number of rotatable bonds is 14. The predicted octanol–water partition coefficient (Wildman–Crippen LogP) is 5.86. The molecule has 0 bridgehead atoms. The van der Waals surface area contributed by atoms with E-state index in [1.807, 2.05) is 0 Å². The van der Waals surface area contributed by atoms with Crippen LogP contribution in [0.15, 0.2) is 0 Å². The van der Waals surface area contributed by atoms with Gasteiger partial charge in [0, 0.05) is 18.5 Å². The highest BCUT2D eigenvalue weighted by Crippen LogP contribution is 2.12. The lowest BCUT2D eigenvalue weighted by Gasteiger charge is -2.29. The molecule has 2 heteroatoms. The normalized spacial score (nSPS) is 11.7. The van der Waals surface area contributed by atoms with Crippen molar-refractivity contribution in [3.05, 3.63) is 0 Å². The minimum absolute atomic E-state index is 0.739. The third kappa shape index (κ3) is 10.7. The van der Waals surface area contributed by atoms with Crippen molar-refractivity contribution >= 4 is 11.6 Å². The summed E-state index contributed by atoms with van der Waals surface area (Å²) >= 11 is 5.92. The molecule has 0 fully saturated rings. The van der Waals surface area contributed by atoms with E-state index in [1.165, 1.54) is 70.8 Å². The molecule has 0 aliphatic heterocycles. The molecule has 0 aromatic carbocycles. The van der Waals surface area contributed by atoms with Crippen molar-refractivity contribution in [3.63, 3.8) is 0 Å². The van der Waals surface area contributed by atoms with Gasteiger partial charge in [0.15, 0.2) is 0 Å². The molecule has 116 valence electrons. The maximum Gasteiger partial charge on any atom is 0.0351 e. The van der Waals surface area contributed by atoms with Crippen molar-refractivity contribution in [1.82, 2.24) is 4.90 Å². The van der Waals surface area contributed by atoms with Gasteiger partial charge < -0.3 is 0 Å². The van der Waals surface area contributed by atoms with Gasteiger partial charge in [-0.2, -0.15) is 0 Å². The van der Waals surface area contributed by atoms with Crippen LogP contribution in [0.1, 0.15) is 85.0 Å². The molecule has 0 heterocycles. The maximum absolute atomic E-state index is 5.92. The summed E-state index contributed by atoms with van der Waals surface area (Å²) in [6, 6.07) is 0.739. The Morgan fingerprint density at radius 2 is 1.26 bits per heavy atom. The maximum atomic E-state index is 5.92. The molecule has 0 saturated heterocycles. The molecule has 0 aliphatic carbocycles. The Kier molecular flexibility index (Phi) is 14.8. The van der Waals surface area contributed by atoms with E-state index in [2.05, 4.69) is 25.7 Å². The van der Waals surface area contributed by atoms with Crippen LogP contribution >= 0.6 is 11.6 Å². The summed E-state index contributed by atoms with van der Waals surface area (Å²) in [7, 11) is 0. The number of halogens is 1. The molecular formula is C17H36ClN. The van der Waals surface area contributed by atoms with Gasteiger partial charge in [-0.15, -0.1) is 11.6 Å².